The minimum atomic E-state index is 0.473. The summed E-state index contributed by atoms with van der Waals surface area (Å²) in [6, 6.07) is 0.473. The van der Waals surface area contributed by atoms with Crippen molar-refractivity contribution in [2.45, 2.75) is 60.0 Å². The second-order valence-corrected chi connectivity index (χ2v) is 5.26. The molecule has 0 amide bonds. The molecule has 0 fully saturated rings. The largest absolute Gasteiger partial charge is 0.338 e. The lowest BCUT2D eigenvalue weighted by atomic mass is 10.0. The lowest BCUT2D eigenvalue weighted by Gasteiger charge is -2.18. The quantitative estimate of drug-likeness (QED) is 0.795. The average molecular weight is 239 g/mol. The standard InChI is InChI=1S/C13H25N3O/c1-6-10(4)11(5)14-8-13-15-12(16-17-13)7-9(2)3/h9-11,14H,6-8H2,1-5H3/t10-,11-/m0/s1. The van der Waals surface area contributed by atoms with Crippen LogP contribution in [0.2, 0.25) is 0 Å². The lowest BCUT2D eigenvalue weighted by molar-refractivity contribution is 0.330. The molecule has 0 aromatic carbocycles. The van der Waals surface area contributed by atoms with E-state index in [2.05, 4.69) is 50.1 Å². The Hall–Kier alpha value is -0.900. The smallest absolute Gasteiger partial charge is 0.240 e. The summed E-state index contributed by atoms with van der Waals surface area (Å²) in [5.41, 5.74) is 0. The van der Waals surface area contributed by atoms with Crippen molar-refractivity contribution in [2.75, 3.05) is 0 Å². The predicted molar refractivity (Wildman–Crippen MR) is 68.6 cm³/mol. The Morgan fingerprint density at radius 3 is 2.53 bits per heavy atom. The molecule has 0 bridgehead atoms. The normalized spacial score (nSPS) is 15.2. The first-order valence-electron chi connectivity index (χ1n) is 6.57. The SMILES string of the molecule is CC[C@H](C)[C@H](C)NCc1nc(CC(C)C)no1. The van der Waals surface area contributed by atoms with Gasteiger partial charge in [-0.15, -0.1) is 0 Å². The van der Waals surface area contributed by atoms with Gasteiger partial charge in [-0.2, -0.15) is 4.98 Å². The fraction of sp³-hybridized carbons (Fsp3) is 0.846. The molecule has 0 saturated carbocycles. The van der Waals surface area contributed by atoms with Crippen molar-refractivity contribution in [3.05, 3.63) is 11.7 Å². The van der Waals surface area contributed by atoms with E-state index in [1.807, 2.05) is 0 Å². The van der Waals surface area contributed by atoms with Crippen LogP contribution in [0.4, 0.5) is 0 Å². The zero-order chi connectivity index (χ0) is 12.8. The van der Waals surface area contributed by atoms with E-state index in [1.165, 1.54) is 6.42 Å². The average Bonchev–Trinajstić information content (AvgIpc) is 2.71. The molecule has 1 N–H and O–H groups in total. The van der Waals surface area contributed by atoms with Crippen LogP contribution in [0.5, 0.6) is 0 Å². The van der Waals surface area contributed by atoms with Crippen LogP contribution < -0.4 is 5.32 Å². The van der Waals surface area contributed by atoms with E-state index in [-0.39, 0.29) is 0 Å². The summed E-state index contributed by atoms with van der Waals surface area (Å²) < 4.78 is 5.21. The Bertz CT molecular complexity index is 322. The van der Waals surface area contributed by atoms with E-state index in [9.17, 15) is 0 Å². The third kappa shape index (κ3) is 4.86. The van der Waals surface area contributed by atoms with Crippen LogP contribution in [0.1, 0.15) is 52.8 Å². The van der Waals surface area contributed by atoms with Crippen molar-refractivity contribution >= 4 is 0 Å². The third-order valence-corrected chi connectivity index (χ3v) is 3.17. The van der Waals surface area contributed by atoms with E-state index in [4.69, 9.17) is 4.52 Å². The molecular weight excluding hydrogens is 214 g/mol. The van der Waals surface area contributed by atoms with Crippen LogP contribution in [0.25, 0.3) is 0 Å². The monoisotopic (exact) mass is 239 g/mol. The third-order valence-electron chi connectivity index (χ3n) is 3.17. The van der Waals surface area contributed by atoms with Crippen molar-refractivity contribution in [1.82, 2.24) is 15.5 Å². The van der Waals surface area contributed by atoms with Crippen LogP contribution in [-0.4, -0.2) is 16.2 Å². The summed E-state index contributed by atoms with van der Waals surface area (Å²) in [6.07, 6.45) is 2.06. The van der Waals surface area contributed by atoms with Gasteiger partial charge in [-0.1, -0.05) is 39.3 Å². The van der Waals surface area contributed by atoms with Gasteiger partial charge in [0.05, 0.1) is 6.54 Å². The maximum absolute atomic E-state index is 5.21. The Labute approximate surface area is 104 Å². The first-order chi connectivity index (χ1) is 8.02. The minimum Gasteiger partial charge on any atom is -0.338 e. The molecule has 2 atom stereocenters. The van der Waals surface area contributed by atoms with Gasteiger partial charge < -0.3 is 9.84 Å². The van der Waals surface area contributed by atoms with E-state index in [0.717, 1.165) is 12.2 Å². The molecule has 0 aliphatic heterocycles. The molecule has 1 heterocycles. The van der Waals surface area contributed by atoms with Crippen LogP contribution in [0.15, 0.2) is 4.52 Å². The second-order valence-electron chi connectivity index (χ2n) is 5.26. The van der Waals surface area contributed by atoms with Gasteiger partial charge in [0.1, 0.15) is 0 Å². The van der Waals surface area contributed by atoms with Crippen LogP contribution in [0.3, 0.4) is 0 Å². The van der Waals surface area contributed by atoms with E-state index >= 15 is 0 Å². The number of nitrogens with zero attached hydrogens (tertiary/aromatic N) is 2. The second kappa shape index (κ2) is 6.74. The molecule has 1 aromatic rings. The zero-order valence-electron chi connectivity index (χ0n) is 11.7. The summed E-state index contributed by atoms with van der Waals surface area (Å²) in [7, 11) is 0. The van der Waals surface area contributed by atoms with Gasteiger partial charge in [-0.3, -0.25) is 0 Å². The van der Waals surface area contributed by atoms with Crippen LogP contribution >= 0.6 is 0 Å². The first kappa shape index (κ1) is 14.2. The molecule has 4 nitrogen and oxygen atoms in total. The summed E-state index contributed by atoms with van der Waals surface area (Å²) >= 11 is 0. The number of hydrogen-bond donors (Lipinski definition) is 1. The van der Waals surface area contributed by atoms with Gasteiger partial charge in [0.15, 0.2) is 5.82 Å². The number of aromatic nitrogens is 2. The first-order valence-corrected chi connectivity index (χ1v) is 6.57. The van der Waals surface area contributed by atoms with Crippen molar-refractivity contribution < 1.29 is 4.52 Å². The summed E-state index contributed by atoms with van der Waals surface area (Å²) in [5.74, 6) is 2.73. The molecule has 0 aliphatic rings. The highest BCUT2D eigenvalue weighted by Gasteiger charge is 2.12. The maximum atomic E-state index is 5.21. The highest BCUT2D eigenvalue weighted by atomic mass is 16.5. The molecular formula is C13H25N3O. The topological polar surface area (TPSA) is 51.0 Å². The van der Waals surface area contributed by atoms with Crippen molar-refractivity contribution in [2.24, 2.45) is 11.8 Å². The molecule has 0 aliphatic carbocycles. The molecule has 0 spiro atoms. The van der Waals surface area contributed by atoms with Crippen molar-refractivity contribution in [3.8, 4) is 0 Å². The zero-order valence-corrected chi connectivity index (χ0v) is 11.7. The highest BCUT2D eigenvalue weighted by Crippen LogP contribution is 2.08. The Kier molecular flexibility index (Phi) is 5.62. The molecule has 0 radical (unpaired) electrons. The fourth-order valence-corrected chi connectivity index (χ4v) is 1.61. The molecule has 0 unspecified atom stereocenters. The minimum absolute atomic E-state index is 0.473. The van der Waals surface area contributed by atoms with Gasteiger partial charge >= 0.3 is 0 Å². The maximum Gasteiger partial charge on any atom is 0.240 e. The van der Waals surface area contributed by atoms with Crippen molar-refractivity contribution in [3.63, 3.8) is 0 Å². The highest BCUT2D eigenvalue weighted by molar-refractivity contribution is 4.87. The Morgan fingerprint density at radius 2 is 1.94 bits per heavy atom. The molecule has 0 saturated heterocycles. The van der Waals surface area contributed by atoms with Crippen LogP contribution in [-0.2, 0) is 13.0 Å². The van der Waals surface area contributed by atoms with Gasteiger partial charge in [0.25, 0.3) is 0 Å². The Balaban J connectivity index is 2.39. The number of nitrogens with one attached hydrogen (secondary N) is 1. The summed E-state index contributed by atoms with van der Waals surface area (Å²) in [4.78, 5) is 4.37. The number of hydrogen-bond acceptors (Lipinski definition) is 4. The van der Waals surface area contributed by atoms with E-state index in [0.29, 0.717) is 30.3 Å². The summed E-state index contributed by atoms with van der Waals surface area (Å²) in [5, 5.41) is 7.39. The predicted octanol–water partition coefficient (Wildman–Crippen LogP) is 2.79. The van der Waals surface area contributed by atoms with Gasteiger partial charge in [-0.25, -0.2) is 0 Å². The van der Waals surface area contributed by atoms with E-state index < -0.39 is 0 Å². The molecule has 17 heavy (non-hydrogen) atoms. The van der Waals surface area contributed by atoms with Gasteiger partial charge in [0.2, 0.25) is 5.89 Å². The fourth-order valence-electron chi connectivity index (χ4n) is 1.61. The summed E-state index contributed by atoms with van der Waals surface area (Å²) in [6.45, 7) is 11.6. The molecule has 1 aromatic heterocycles. The number of rotatable bonds is 7. The molecule has 4 heteroatoms. The van der Waals surface area contributed by atoms with Gasteiger partial charge in [0, 0.05) is 12.5 Å². The van der Waals surface area contributed by atoms with Crippen LogP contribution in [0, 0.1) is 11.8 Å². The lowest BCUT2D eigenvalue weighted by Crippen LogP contribution is -2.31. The van der Waals surface area contributed by atoms with E-state index in [1.54, 1.807) is 0 Å². The Morgan fingerprint density at radius 1 is 1.24 bits per heavy atom. The van der Waals surface area contributed by atoms with Crippen molar-refractivity contribution in [1.29, 1.82) is 0 Å². The molecule has 98 valence electrons. The molecule has 1 rings (SSSR count). The van der Waals surface area contributed by atoms with Gasteiger partial charge in [-0.05, 0) is 18.8 Å².